The number of benzene rings is 1. The van der Waals surface area contributed by atoms with Crippen molar-refractivity contribution in [3.63, 3.8) is 0 Å². The predicted molar refractivity (Wildman–Crippen MR) is 86.9 cm³/mol. The Bertz CT molecular complexity index is 836. The van der Waals surface area contributed by atoms with Crippen LogP contribution in [0.5, 0.6) is 5.75 Å². The van der Waals surface area contributed by atoms with E-state index in [0.29, 0.717) is 17.1 Å². The number of carbonyl (C=O) groups is 1. The first-order valence-corrected chi connectivity index (χ1v) is 7.13. The summed E-state index contributed by atoms with van der Waals surface area (Å²) in [6.07, 6.45) is 1.52. The molecule has 0 aliphatic heterocycles. The monoisotopic (exact) mass is 308 g/mol. The topological polar surface area (TPSA) is 80.0 Å². The number of nitrogens with one attached hydrogen (secondary N) is 1. The lowest BCUT2D eigenvalue weighted by molar-refractivity contribution is 0.102. The number of pyridine rings is 1. The van der Waals surface area contributed by atoms with Crippen molar-refractivity contribution in [1.82, 2.24) is 14.8 Å². The number of aryl methyl sites for hydroxylation is 2. The van der Waals surface area contributed by atoms with Crippen molar-refractivity contribution >= 4 is 11.6 Å². The fourth-order valence-corrected chi connectivity index (χ4v) is 2.25. The summed E-state index contributed by atoms with van der Waals surface area (Å²) in [6, 6.07) is 11.7. The molecule has 3 rings (SSSR count). The molecule has 6 nitrogen and oxygen atoms in total. The van der Waals surface area contributed by atoms with E-state index in [1.165, 1.54) is 18.3 Å². The number of anilines is 1. The van der Waals surface area contributed by atoms with Crippen molar-refractivity contribution < 1.29 is 9.90 Å². The van der Waals surface area contributed by atoms with Crippen LogP contribution in [0.4, 0.5) is 5.69 Å². The number of phenolic OH excluding ortho intramolecular Hbond substituents is 1. The molecule has 2 N–H and O–H groups in total. The van der Waals surface area contributed by atoms with Crippen LogP contribution in [0.15, 0.2) is 48.7 Å². The first-order valence-electron chi connectivity index (χ1n) is 7.13. The maximum atomic E-state index is 12.2. The molecule has 3 aromatic rings. The zero-order valence-electron chi connectivity index (χ0n) is 12.8. The van der Waals surface area contributed by atoms with Gasteiger partial charge in [-0.25, -0.2) is 9.67 Å². The molecule has 0 unspecified atom stereocenters. The summed E-state index contributed by atoms with van der Waals surface area (Å²) in [5.74, 6) is 0.554. The van der Waals surface area contributed by atoms with Crippen LogP contribution in [0.1, 0.15) is 21.7 Å². The minimum absolute atomic E-state index is 0.152. The van der Waals surface area contributed by atoms with Crippen LogP contribution in [0.25, 0.3) is 5.82 Å². The van der Waals surface area contributed by atoms with Gasteiger partial charge in [-0.3, -0.25) is 4.79 Å². The third-order valence-corrected chi connectivity index (χ3v) is 3.36. The van der Waals surface area contributed by atoms with E-state index in [9.17, 15) is 9.90 Å². The Hall–Kier alpha value is -3.15. The van der Waals surface area contributed by atoms with Gasteiger partial charge in [0, 0.05) is 17.6 Å². The lowest BCUT2D eigenvalue weighted by atomic mass is 10.2. The Morgan fingerprint density at radius 2 is 1.87 bits per heavy atom. The average Bonchev–Trinajstić information content (AvgIpc) is 2.88. The lowest BCUT2D eigenvalue weighted by Crippen LogP contribution is -2.12. The molecule has 1 amide bonds. The van der Waals surface area contributed by atoms with Gasteiger partial charge in [0.2, 0.25) is 0 Å². The molecule has 0 radical (unpaired) electrons. The zero-order valence-corrected chi connectivity index (χ0v) is 12.8. The summed E-state index contributed by atoms with van der Waals surface area (Å²) in [7, 11) is 0. The van der Waals surface area contributed by atoms with Crippen molar-refractivity contribution in [1.29, 1.82) is 0 Å². The second kappa shape index (κ2) is 5.92. The standard InChI is InChI=1S/C17H16N4O2/c1-11-9-12(2)21(20-11)16-8-3-13(10-18-16)17(23)19-14-4-6-15(22)7-5-14/h3-10,22H,1-2H3,(H,19,23). The summed E-state index contributed by atoms with van der Waals surface area (Å²) >= 11 is 0. The van der Waals surface area contributed by atoms with Gasteiger partial charge in [-0.15, -0.1) is 0 Å². The Kier molecular flexibility index (Phi) is 3.80. The highest BCUT2D eigenvalue weighted by molar-refractivity contribution is 6.04. The van der Waals surface area contributed by atoms with Crippen LogP contribution < -0.4 is 5.32 Å². The maximum Gasteiger partial charge on any atom is 0.257 e. The fraction of sp³-hybridized carbons (Fsp3) is 0.118. The fourth-order valence-electron chi connectivity index (χ4n) is 2.25. The zero-order chi connectivity index (χ0) is 16.4. The third-order valence-electron chi connectivity index (χ3n) is 3.36. The van der Waals surface area contributed by atoms with Gasteiger partial charge in [0.15, 0.2) is 5.82 Å². The van der Waals surface area contributed by atoms with Crippen LogP contribution in [0, 0.1) is 13.8 Å². The van der Waals surface area contributed by atoms with Gasteiger partial charge in [-0.1, -0.05) is 0 Å². The van der Waals surface area contributed by atoms with Gasteiger partial charge in [0.25, 0.3) is 5.91 Å². The van der Waals surface area contributed by atoms with E-state index in [1.54, 1.807) is 28.9 Å². The third kappa shape index (κ3) is 3.21. The minimum Gasteiger partial charge on any atom is -0.508 e. The molecule has 0 atom stereocenters. The highest BCUT2D eigenvalue weighted by Gasteiger charge is 2.09. The van der Waals surface area contributed by atoms with Crippen LogP contribution in [0.3, 0.4) is 0 Å². The van der Waals surface area contributed by atoms with E-state index in [1.807, 2.05) is 19.9 Å². The van der Waals surface area contributed by atoms with E-state index in [-0.39, 0.29) is 11.7 Å². The summed E-state index contributed by atoms with van der Waals surface area (Å²) in [6.45, 7) is 3.87. The number of carbonyl (C=O) groups excluding carboxylic acids is 1. The Labute approximate surface area is 133 Å². The Morgan fingerprint density at radius 1 is 1.13 bits per heavy atom. The number of aromatic hydroxyl groups is 1. The molecule has 2 heterocycles. The second-order valence-electron chi connectivity index (χ2n) is 5.24. The van der Waals surface area contributed by atoms with Crippen molar-refractivity contribution in [3.8, 4) is 11.6 Å². The predicted octanol–water partition coefficient (Wildman–Crippen LogP) is 2.84. The summed E-state index contributed by atoms with van der Waals surface area (Å²) in [5.41, 5.74) is 2.95. The highest BCUT2D eigenvalue weighted by atomic mass is 16.3. The van der Waals surface area contributed by atoms with Crippen LogP contribution in [-0.2, 0) is 0 Å². The molecule has 0 saturated carbocycles. The van der Waals surface area contributed by atoms with Gasteiger partial charge in [-0.05, 0) is 56.3 Å². The number of phenols is 1. The molecule has 6 heteroatoms. The normalized spacial score (nSPS) is 10.5. The van der Waals surface area contributed by atoms with Gasteiger partial charge >= 0.3 is 0 Å². The van der Waals surface area contributed by atoms with E-state index in [2.05, 4.69) is 15.4 Å². The van der Waals surface area contributed by atoms with Crippen LogP contribution in [0.2, 0.25) is 0 Å². The van der Waals surface area contributed by atoms with Crippen molar-refractivity contribution in [2.75, 3.05) is 5.32 Å². The first-order chi connectivity index (χ1) is 11.0. The molecule has 0 aliphatic rings. The number of amides is 1. The summed E-state index contributed by atoms with van der Waals surface area (Å²) < 4.78 is 1.73. The summed E-state index contributed by atoms with van der Waals surface area (Å²) in [5, 5.41) is 16.3. The molecule has 116 valence electrons. The second-order valence-corrected chi connectivity index (χ2v) is 5.24. The minimum atomic E-state index is -0.261. The van der Waals surface area contributed by atoms with E-state index >= 15 is 0 Å². The highest BCUT2D eigenvalue weighted by Crippen LogP contribution is 2.15. The lowest BCUT2D eigenvalue weighted by Gasteiger charge is -2.07. The molecule has 23 heavy (non-hydrogen) atoms. The maximum absolute atomic E-state index is 12.2. The average molecular weight is 308 g/mol. The van der Waals surface area contributed by atoms with Crippen LogP contribution in [-0.4, -0.2) is 25.8 Å². The molecule has 0 fully saturated rings. The molecule has 0 saturated heterocycles. The molecule has 1 aromatic carbocycles. The smallest absolute Gasteiger partial charge is 0.257 e. The molecular weight excluding hydrogens is 292 g/mol. The number of rotatable bonds is 3. The Morgan fingerprint density at radius 3 is 2.43 bits per heavy atom. The van der Waals surface area contributed by atoms with Crippen molar-refractivity contribution in [3.05, 3.63) is 65.6 Å². The quantitative estimate of drug-likeness (QED) is 0.729. The SMILES string of the molecule is Cc1cc(C)n(-c2ccc(C(=O)Nc3ccc(O)cc3)cn2)n1. The molecular formula is C17H16N4O2. The van der Waals surface area contributed by atoms with E-state index in [0.717, 1.165) is 11.4 Å². The number of hydrogen-bond acceptors (Lipinski definition) is 4. The largest absolute Gasteiger partial charge is 0.508 e. The van der Waals surface area contributed by atoms with Crippen LogP contribution >= 0.6 is 0 Å². The number of nitrogens with zero attached hydrogens (tertiary/aromatic N) is 3. The van der Waals surface area contributed by atoms with Crippen molar-refractivity contribution in [2.24, 2.45) is 0 Å². The molecule has 2 aromatic heterocycles. The van der Waals surface area contributed by atoms with Crippen molar-refractivity contribution in [2.45, 2.75) is 13.8 Å². The van der Waals surface area contributed by atoms with Gasteiger partial charge in [0.1, 0.15) is 5.75 Å². The van der Waals surface area contributed by atoms with Gasteiger partial charge in [0.05, 0.1) is 11.3 Å². The number of aromatic nitrogens is 3. The van der Waals surface area contributed by atoms with E-state index in [4.69, 9.17) is 0 Å². The van der Waals surface area contributed by atoms with Gasteiger partial charge in [-0.2, -0.15) is 5.10 Å². The summed E-state index contributed by atoms with van der Waals surface area (Å²) in [4.78, 5) is 16.5. The Balaban J connectivity index is 1.77. The molecule has 0 aliphatic carbocycles. The number of hydrogen-bond donors (Lipinski definition) is 2. The molecule has 0 spiro atoms. The van der Waals surface area contributed by atoms with Gasteiger partial charge < -0.3 is 10.4 Å². The van der Waals surface area contributed by atoms with E-state index < -0.39 is 0 Å². The first kappa shape index (κ1) is 14.8. The molecule has 0 bridgehead atoms.